The summed E-state index contributed by atoms with van der Waals surface area (Å²) in [5.41, 5.74) is -1.25. The minimum Gasteiger partial charge on any atom is -0.366 e. The Kier molecular flexibility index (Phi) is 5.28. The van der Waals surface area contributed by atoms with Crippen LogP contribution in [0.3, 0.4) is 0 Å². The molecule has 1 amide bonds. The highest BCUT2D eigenvalue weighted by atomic mass is 32.1. The molecule has 0 bridgehead atoms. The first-order chi connectivity index (χ1) is 14.6. The zero-order chi connectivity index (χ0) is 22.5. The highest BCUT2D eigenvalue weighted by molar-refractivity contribution is 7.12. The number of carbonyl (C=O) groups is 1. The van der Waals surface area contributed by atoms with Gasteiger partial charge in [-0.25, -0.2) is 0 Å². The van der Waals surface area contributed by atoms with E-state index in [1.54, 1.807) is 13.0 Å². The average molecular weight is 450 g/mol. The molecule has 10 heteroatoms. The number of anilines is 2. The number of hydrogen-bond acceptors (Lipinski definition) is 5. The van der Waals surface area contributed by atoms with Gasteiger partial charge in [-0.2, -0.15) is 17.5 Å². The van der Waals surface area contributed by atoms with Crippen LogP contribution in [0.15, 0.2) is 29.2 Å². The fourth-order valence-corrected chi connectivity index (χ4v) is 4.94. The molecule has 2 N–H and O–H groups in total. The molecule has 1 aromatic carbocycles. The second-order valence-corrected chi connectivity index (χ2v) is 8.64. The van der Waals surface area contributed by atoms with Crippen molar-refractivity contribution in [2.45, 2.75) is 51.9 Å². The summed E-state index contributed by atoms with van der Waals surface area (Å²) in [5, 5.41) is 2.54. The number of pyridine rings is 1. The fourth-order valence-electron chi connectivity index (χ4n) is 4.17. The first-order valence-corrected chi connectivity index (χ1v) is 10.6. The molecule has 2 atom stereocenters. The Bertz CT molecular complexity index is 1210. The van der Waals surface area contributed by atoms with Crippen molar-refractivity contribution in [3.05, 3.63) is 51.4 Å². The summed E-state index contributed by atoms with van der Waals surface area (Å²) in [6, 6.07) is 4.14. The molecule has 0 aliphatic carbocycles. The first kappa shape index (κ1) is 21.4. The van der Waals surface area contributed by atoms with Crippen LogP contribution >= 0.6 is 11.5 Å². The first-order valence-electron chi connectivity index (χ1n) is 9.86. The zero-order valence-corrected chi connectivity index (χ0v) is 17.9. The molecule has 2 aromatic heterocycles. The van der Waals surface area contributed by atoms with Gasteiger partial charge in [-0.15, -0.1) is 0 Å². The average Bonchev–Trinajstić information content (AvgIpc) is 3.24. The summed E-state index contributed by atoms with van der Waals surface area (Å²) in [6.45, 7) is 5.60. The van der Waals surface area contributed by atoms with Crippen LogP contribution in [-0.2, 0) is 6.18 Å². The van der Waals surface area contributed by atoms with E-state index in [1.165, 1.54) is 12.3 Å². The van der Waals surface area contributed by atoms with Gasteiger partial charge in [0.2, 0.25) is 5.43 Å². The van der Waals surface area contributed by atoms with E-state index in [0.29, 0.717) is 16.2 Å². The Morgan fingerprint density at radius 3 is 2.58 bits per heavy atom. The molecule has 2 unspecified atom stereocenters. The van der Waals surface area contributed by atoms with Crippen LogP contribution in [0, 0.1) is 6.92 Å². The van der Waals surface area contributed by atoms with Crippen molar-refractivity contribution < 1.29 is 18.0 Å². The van der Waals surface area contributed by atoms with E-state index in [2.05, 4.69) is 14.7 Å². The van der Waals surface area contributed by atoms with Crippen LogP contribution in [0.5, 0.6) is 0 Å². The molecule has 0 radical (unpaired) electrons. The number of aromatic amines is 1. The number of rotatable bonds is 3. The van der Waals surface area contributed by atoms with Crippen molar-refractivity contribution in [2.75, 3.05) is 10.2 Å². The van der Waals surface area contributed by atoms with Crippen LogP contribution in [0.4, 0.5) is 24.5 Å². The molecular formula is C21H21F3N4O2S. The van der Waals surface area contributed by atoms with Gasteiger partial charge in [0.1, 0.15) is 10.4 Å². The lowest BCUT2D eigenvalue weighted by molar-refractivity contribution is -0.136. The predicted molar refractivity (Wildman–Crippen MR) is 115 cm³/mol. The van der Waals surface area contributed by atoms with Gasteiger partial charge < -0.3 is 15.2 Å². The van der Waals surface area contributed by atoms with Crippen LogP contribution < -0.4 is 15.6 Å². The molecule has 3 aromatic rings. The van der Waals surface area contributed by atoms with Gasteiger partial charge in [0.25, 0.3) is 5.91 Å². The third-order valence-corrected chi connectivity index (χ3v) is 6.60. The molecule has 4 rings (SSSR count). The van der Waals surface area contributed by atoms with Crippen molar-refractivity contribution in [1.82, 2.24) is 9.36 Å². The summed E-state index contributed by atoms with van der Waals surface area (Å²) in [4.78, 5) is 30.7. The number of fused-ring (bicyclic) bond motifs is 1. The Balaban J connectivity index is 1.71. The highest BCUT2D eigenvalue weighted by Gasteiger charge is 2.36. The van der Waals surface area contributed by atoms with Crippen molar-refractivity contribution in [2.24, 2.45) is 0 Å². The van der Waals surface area contributed by atoms with Gasteiger partial charge in [0, 0.05) is 24.0 Å². The topological polar surface area (TPSA) is 78.1 Å². The standard InChI is InChI=1S/C21H21F3N4O2S/c1-10-4-5-11(2)28(10)13-6-7-16(15(8-13)21(22,23)24)26-19(30)14-9-25-20-17(18(14)29)12(3)27-31-20/h6-11H,4-5H2,1-3H3,(H,25,29)(H,26,30). The summed E-state index contributed by atoms with van der Waals surface area (Å²) in [7, 11) is 0. The molecule has 31 heavy (non-hydrogen) atoms. The van der Waals surface area contributed by atoms with Gasteiger partial charge in [-0.1, -0.05) is 0 Å². The fraction of sp³-hybridized carbons (Fsp3) is 0.381. The lowest BCUT2D eigenvalue weighted by Crippen LogP contribution is -2.32. The van der Waals surface area contributed by atoms with E-state index in [0.717, 1.165) is 30.4 Å². The van der Waals surface area contributed by atoms with E-state index >= 15 is 0 Å². The Hall–Kier alpha value is -2.88. The SMILES string of the molecule is Cc1nsc2[nH]cc(C(=O)Nc3ccc(N4C(C)CCC4C)cc3C(F)(F)F)c(=O)c12. The maximum atomic E-state index is 13.8. The largest absolute Gasteiger partial charge is 0.418 e. The molecule has 164 valence electrons. The maximum absolute atomic E-state index is 13.8. The van der Waals surface area contributed by atoms with E-state index in [-0.39, 0.29) is 28.7 Å². The number of hydrogen-bond donors (Lipinski definition) is 2. The highest BCUT2D eigenvalue weighted by Crippen LogP contribution is 2.39. The molecule has 0 spiro atoms. The van der Waals surface area contributed by atoms with E-state index in [1.807, 2.05) is 18.7 Å². The van der Waals surface area contributed by atoms with E-state index in [4.69, 9.17) is 0 Å². The number of nitrogens with zero attached hydrogens (tertiary/aromatic N) is 2. The molecule has 1 fully saturated rings. The molecular weight excluding hydrogens is 429 g/mol. The van der Waals surface area contributed by atoms with Gasteiger partial charge in [-0.3, -0.25) is 9.59 Å². The van der Waals surface area contributed by atoms with Gasteiger partial charge in [0.15, 0.2) is 0 Å². The van der Waals surface area contributed by atoms with Crippen molar-refractivity contribution in [3.8, 4) is 0 Å². The lowest BCUT2D eigenvalue weighted by Gasteiger charge is -2.30. The number of amides is 1. The maximum Gasteiger partial charge on any atom is 0.418 e. The Morgan fingerprint density at radius 2 is 1.94 bits per heavy atom. The van der Waals surface area contributed by atoms with Gasteiger partial charge in [-0.05, 0) is 63.3 Å². The molecule has 3 heterocycles. The number of aryl methyl sites for hydroxylation is 1. The van der Waals surface area contributed by atoms with Crippen molar-refractivity contribution in [3.63, 3.8) is 0 Å². The van der Waals surface area contributed by atoms with Gasteiger partial charge in [0.05, 0.1) is 22.3 Å². The summed E-state index contributed by atoms with van der Waals surface area (Å²) in [5.74, 6) is -0.907. The smallest absolute Gasteiger partial charge is 0.366 e. The quantitative estimate of drug-likeness (QED) is 0.593. The number of alkyl halides is 3. The third kappa shape index (κ3) is 3.80. The summed E-state index contributed by atoms with van der Waals surface area (Å²) in [6.07, 6.45) is -1.66. The molecule has 0 saturated carbocycles. The second kappa shape index (κ2) is 7.67. The van der Waals surface area contributed by atoms with Crippen LogP contribution in [0.2, 0.25) is 0 Å². The molecule has 1 aliphatic rings. The van der Waals surface area contributed by atoms with Crippen LogP contribution in [-0.4, -0.2) is 27.3 Å². The number of H-pyrrole nitrogens is 1. The Labute approximate surface area is 180 Å². The normalized spacial score (nSPS) is 19.2. The Morgan fingerprint density at radius 1 is 1.26 bits per heavy atom. The number of halogens is 3. The summed E-state index contributed by atoms with van der Waals surface area (Å²) < 4.78 is 45.5. The van der Waals surface area contributed by atoms with Crippen LogP contribution in [0.25, 0.3) is 10.2 Å². The second-order valence-electron chi connectivity index (χ2n) is 7.87. The number of benzene rings is 1. The third-order valence-electron chi connectivity index (χ3n) is 5.73. The van der Waals surface area contributed by atoms with Crippen molar-refractivity contribution in [1.29, 1.82) is 0 Å². The molecule has 6 nitrogen and oxygen atoms in total. The predicted octanol–water partition coefficient (Wildman–Crippen LogP) is 4.94. The molecule has 1 saturated heterocycles. The number of aromatic nitrogens is 2. The van der Waals surface area contributed by atoms with Crippen molar-refractivity contribution >= 4 is 39.0 Å². The van der Waals surface area contributed by atoms with E-state index < -0.39 is 23.1 Å². The lowest BCUT2D eigenvalue weighted by atomic mass is 10.1. The summed E-state index contributed by atoms with van der Waals surface area (Å²) >= 11 is 1.08. The zero-order valence-electron chi connectivity index (χ0n) is 17.1. The number of carbonyl (C=O) groups excluding carboxylic acids is 1. The van der Waals surface area contributed by atoms with E-state index in [9.17, 15) is 22.8 Å². The number of nitrogens with one attached hydrogen (secondary N) is 2. The molecule has 1 aliphatic heterocycles. The minimum absolute atomic E-state index is 0.129. The minimum atomic E-state index is -4.67. The van der Waals surface area contributed by atoms with Crippen LogP contribution in [0.1, 0.15) is 48.3 Å². The van der Waals surface area contributed by atoms with Gasteiger partial charge >= 0.3 is 6.18 Å². The monoisotopic (exact) mass is 450 g/mol.